The van der Waals surface area contributed by atoms with Crippen molar-refractivity contribution in [3.8, 4) is 0 Å². The van der Waals surface area contributed by atoms with Gasteiger partial charge in [-0.05, 0) is 27.2 Å². The summed E-state index contributed by atoms with van der Waals surface area (Å²) in [6.07, 6.45) is 0.676. The van der Waals surface area contributed by atoms with Crippen molar-refractivity contribution < 1.29 is 9.53 Å². The lowest BCUT2D eigenvalue weighted by Gasteiger charge is -2.21. The van der Waals surface area contributed by atoms with E-state index in [2.05, 4.69) is 5.32 Å². The molecule has 76 valence electrons. The van der Waals surface area contributed by atoms with Gasteiger partial charge in [0.25, 0.3) is 0 Å². The van der Waals surface area contributed by atoms with Gasteiger partial charge in [-0.1, -0.05) is 0 Å². The Morgan fingerprint density at radius 2 is 2.15 bits per heavy atom. The summed E-state index contributed by atoms with van der Waals surface area (Å²) >= 11 is 0. The molecule has 1 rings (SSSR count). The molecule has 13 heavy (non-hydrogen) atoms. The van der Waals surface area contributed by atoms with Gasteiger partial charge in [0.15, 0.2) is 0 Å². The molecule has 0 amide bonds. The third-order valence-electron chi connectivity index (χ3n) is 1.86. The van der Waals surface area contributed by atoms with Crippen LogP contribution in [0.3, 0.4) is 0 Å². The smallest absolute Gasteiger partial charge is 0.323 e. The molecule has 1 aliphatic rings. The van der Waals surface area contributed by atoms with Crippen LogP contribution in [0.5, 0.6) is 0 Å². The Hall–Kier alpha value is -0.610. The van der Waals surface area contributed by atoms with E-state index in [1.807, 2.05) is 20.8 Å². The average Bonchev–Trinajstić information content (AvgIpc) is 2.31. The van der Waals surface area contributed by atoms with E-state index in [9.17, 15) is 4.79 Å². The van der Waals surface area contributed by atoms with E-state index in [1.165, 1.54) is 0 Å². The summed E-state index contributed by atoms with van der Waals surface area (Å²) < 4.78 is 5.21. The first-order chi connectivity index (χ1) is 5.88. The summed E-state index contributed by atoms with van der Waals surface area (Å²) in [6, 6.07) is -0.133. The van der Waals surface area contributed by atoms with E-state index in [0.29, 0.717) is 13.0 Å². The molecule has 0 bridgehead atoms. The van der Waals surface area contributed by atoms with Gasteiger partial charge >= 0.3 is 5.97 Å². The molecular weight excluding hydrogens is 168 g/mol. The predicted molar refractivity (Wildman–Crippen MR) is 50.2 cm³/mol. The zero-order valence-corrected chi connectivity index (χ0v) is 8.46. The lowest BCUT2D eigenvalue weighted by molar-refractivity contribution is -0.157. The van der Waals surface area contributed by atoms with Crippen molar-refractivity contribution in [1.29, 1.82) is 0 Å². The SMILES string of the molecule is CC(C)(C)OC(=O)[C@@H]1C[C@@H](N)CN1. The Morgan fingerprint density at radius 1 is 1.54 bits per heavy atom. The van der Waals surface area contributed by atoms with E-state index in [-0.39, 0.29) is 18.1 Å². The van der Waals surface area contributed by atoms with Crippen LogP contribution in [0.15, 0.2) is 0 Å². The van der Waals surface area contributed by atoms with Crippen molar-refractivity contribution in [2.45, 2.75) is 44.9 Å². The lowest BCUT2D eigenvalue weighted by atomic mass is 10.1. The molecule has 0 saturated carbocycles. The predicted octanol–water partition coefficient (Wildman–Crippen LogP) is 0.0173. The van der Waals surface area contributed by atoms with Crippen molar-refractivity contribution >= 4 is 5.97 Å². The van der Waals surface area contributed by atoms with Gasteiger partial charge in [-0.2, -0.15) is 0 Å². The van der Waals surface area contributed by atoms with Crippen LogP contribution in [0.2, 0.25) is 0 Å². The molecule has 1 saturated heterocycles. The van der Waals surface area contributed by atoms with Crippen LogP contribution in [0, 0.1) is 0 Å². The second-order valence-electron chi connectivity index (χ2n) is 4.49. The van der Waals surface area contributed by atoms with Crippen molar-refractivity contribution in [2.24, 2.45) is 5.73 Å². The maximum absolute atomic E-state index is 11.5. The Bertz CT molecular complexity index is 198. The minimum absolute atomic E-state index is 0.0810. The van der Waals surface area contributed by atoms with Crippen LogP contribution < -0.4 is 11.1 Å². The molecule has 0 aromatic carbocycles. The number of esters is 1. The van der Waals surface area contributed by atoms with Gasteiger partial charge in [-0.25, -0.2) is 0 Å². The van der Waals surface area contributed by atoms with Crippen molar-refractivity contribution in [1.82, 2.24) is 5.32 Å². The van der Waals surface area contributed by atoms with Crippen molar-refractivity contribution in [3.05, 3.63) is 0 Å². The number of nitrogens with two attached hydrogens (primary N) is 1. The highest BCUT2D eigenvalue weighted by molar-refractivity contribution is 5.76. The molecule has 1 aliphatic heterocycles. The molecule has 0 aromatic heterocycles. The van der Waals surface area contributed by atoms with Crippen molar-refractivity contribution in [2.75, 3.05) is 6.54 Å². The van der Waals surface area contributed by atoms with Crippen LogP contribution in [0.25, 0.3) is 0 Å². The van der Waals surface area contributed by atoms with Gasteiger partial charge in [0.2, 0.25) is 0 Å². The highest BCUT2D eigenvalue weighted by atomic mass is 16.6. The number of rotatable bonds is 1. The molecule has 4 nitrogen and oxygen atoms in total. The molecule has 2 atom stereocenters. The van der Waals surface area contributed by atoms with Crippen molar-refractivity contribution in [3.63, 3.8) is 0 Å². The van der Waals surface area contributed by atoms with Crippen LogP contribution in [0.4, 0.5) is 0 Å². The highest BCUT2D eigenvalue weighted by Crippen LogP contribution is 2.12. The second kappa shape index (κ2) is 3.64. The van der Waals surface area contributed by atoms with E-state index in [1.54, 1.807) is 0 Å². The molecule has 0 spiro atoms. The van der Waals surface area contributed by atoms with Gasteiger partial charge < -0.3 is 15.8 Å². The monoisotopic (exact) mass is 186 g/mol. The average molecular weight is 186 g/mol. The number of carbonyl (C=O) groups excluding carboxylic acids is 1. The van der Waals surface area contributed by atoms with Crippen LogP contribution in [0.1, 0.15) is 27.2 Å². The zero-order valence-electron chi connectivity index (χ0n) is 8.46. The summed E-state index contributed by atoms with van der Waals surface area (Å²) in [7, 11) is 0. The fourth-order valence-corrected chi connectivity index (χ4v) is 1.32. The third-order valence-corrected chi connectivity index (χ3v) is 1.86. The minimum atomic E-state index is -0.411. The molecule has 0 radical (unpaired) electrons. The van der Waals surface area contributed by atoms with Gasteiger partial charge in [-0.3, -0.25) is 4.79 Å². The zero-order chi connectivity index (χ0) is 10.1. The fourth-order valence-electron chi connectivity index (χ4n) is 1.32. The Morgan fingerprint density at radius 3 is 2.54 bits per heavy atom. The number of ether oxygens (including phenoxy) is 1. The summed E-state index contributed by atoms with van der Waals surface area (Å²) in [5.74, 6) is -0.194. The third kappa shape index (κ3) is 3.32. The molecule has 3 N–H and O–H groups in total. The van der Waals surface area contributed by atoms with Gasteiger partial charge in [0.1, 0.15) is 11.6 Å². The first-order valence-electron chi connectivity index (χ1n) is 4.60. The van der Waals surface area contributed by atoms with E-state index in [0.717, 1.165) is 0 Å². The number of hydrogen-bond acceptors (Lipinski definition) is 4. The first kappa shape index (κ1) is 10.5. The van der Waals surface area contributed by atoms with Gasteiger partial charge in [0, 0.05) is 12.6 Å². The van der Waals surface area contributed by atoms with Crippen LogP contribution in [-0.2, 0) is 9.53 Å². The molecule has 0 aromatic rings. The molecule has 4 heteroatoms. The molecule has 1 heterocycles. The Labute approximate surface area is 78.8 Å². The number of nitrogens with one attached hydrogen (secondary N) is 1. The minimum Gasteiger partial charge on any atom is -0.459 e. The summed E-state index contributed by atoms with van der Waals surface area (Å²) in [6.45, 7) is 6.28. The topological polar surface area (TPSA) is 64.3 Å². The first-order valence-corrected chi connectivity index (χ1v) is 4.60. The van der Waals surface area contributed by atoms with Crippen LogP contribution >= 0.6 is 0 Å². The number of hydrogen-bond donors (Lipinski definition) is 2. The maximum atomic E-state index is 11.5. The summed E-state index contributed by atoms with van der Waals surface area (Å²) in [4.78, 5) is 11.5. The summed E-state index contributed by atoms with van der Waals surface area (Å²) in [5.41, 5.74) is 5.25. The van der Waals surface area contributed by atoms with Gasteiger partial charge in [-0.15, -0.1) is 0 Å². The molecular formula is C9H18N2O2. The molecule has 0 aliphatic carbocycles. The Balaban J connectivity index is 2.41. The number of carbonyl (C=O) groups is 1. The fraction of sp³-hybridized carbons (Fsp3) is 0.889. The van der Waals surface area contributed by atoms with E-state index < -0.39 is 5.60 Å². The molecule has 1 fully saturated rings. The highest BCUT2D eigenvalue weighted by Gasteiger charge is 2.30. The standard InChI is InChI=1S/C9H18N2O2/c1-9(2,3)13-8(12)7-4-6(10)5-11-7/h6-7,11H,4-5,10H2,1-3H3/t6-,7+/m1/s1. The largest absolute Gasteiger partial charge is 0.459 e. The van der Waals surface area contributed by atoms with Crippen LogP contribution in [-0.4, -0.2) is 30.2 Å². The lowest BCUT2D eigenvalue weighted by Crippen LogP contribution is -2.37. The maximum Gasteiger partial charge on any atom is 0.323 e. The van der Waals surface area contributed by atoms with E-state index in [4.69, 9.17) is 10.5 Å². The Kier molecular flexibility index (Phi) is 2.93. The quantitative estimate of drug-likeness (QED) is 0.566. The summed E-state index contributed by atoms with van der Waals surface area (Å²) in [5, 5.41) is 3.03. The second-order valence-corrected chi connectivity index (χ2v) is 4.49. The van der Waals surface area contributed by atoms with E-state index >= 15 is 0 Å². The normalized spacial score (nSPS) is 28.9. The molecule has 0 unspecified atom stereocenters. The van der Waals surface area contributed by atoms with Gasteiger partial charge in [0.05, 0.1) is 0 Å².